The number of carbonyl (C=O) groups is 4. The summed E-state index contributed by atoms with van der Waals surface area (Å²) >= 11 is 3.29. The van der Waals surface area contributed by atoms with Crippen LogP contribution in [0.1, 0.15) is 44.0 Å². The Morgan fingerprint density at radius 2 is 1.65 bits per heavy atom. The lowest BCUT2D eigenvalue weighted by molar-refractivity contribution is -0.132. The highest BCUT2D eigenvalue weighted by molar-refractivity contribution is 9.10. The minimum Gasteiger partial charge on any atom is -0.370 e. The second kappa shape index (κ2) is 14.3. The van der Waals surface area contributed by atoms with Crippen molar-refractivity contribution in [2.45, 2.75) is 51.7 Å². The highest BCUT2D eigenvalue weighted by Gasteiger charge is 2.29. The number of nitrogens with two attached hydrogens (primary N) is 1. The highest BCUT2D eigenvalue weighted by Crippen LogP contribution is 2.11. The molecule has 7 N–H and O–H groups in total. The lowest BCUT2D eigenvalue weighted by Crippen LogP contribution is -2.56. The maximum atomic E-state index is 12.9. The molecule has 1 rings (SSSR count). The molecule has 0 aromatic heterocycles. The molecule has 188 valence electrons. The fraction of sp³-hybridized carbons (Fsp3) is 0.500. The molecule has 1 aromatic rings. The van der Waals surface area contributed by atoms with Gasteiger partial charge in [0.05, 0.1) is 6.04 Å². The van der Waals surface area contributed by atoms with Gasteiger partial charge in [-0.3, -0.25) is 24.6 Å². The highest BCUT2D eigenvalue weighted by atomic mass is 79.9. The number of ketones is 1. The first-order valence-electron chi connectivity index (χ1n) is 10.8. The molecule has 0 aliphatic carbocycles. The van der Waals surface area contributed by atoms with Crippen molar-refractivity contribution >= 4 is 45.4 Å². The van der Waals surface area contributed by atoms with Crippen molar-refractivity contribution in [2.24, 2.45) is 11.7 Å². The Kier molecular flexibility index (Phi) is 12.2. The fourth-order valence-electron chi connectivity index (χ4n) is 2.96. The molecular weight excluding hydrogens is 511 g/mol. The predicted molar refractivity (Wildman–Crippen MR) is 130 cm³/mol. The van der Waals surface area contributed by atoms with E-state index in [2.05, 4.69) is 37.2 Å². The SMILES string of the molecule is CC(C)C(NC(=O)c1ccc(Br)cc1)C(=O)N[C@@H](C)C(=O)N[C@@H](CCCNC(=N)N)C(=O)CF. The molecule has 0 fully saturated rings. The van der Waals surface area contributed by atoms with Gasteiger partial charge in [-0.2, -0.15) is 0 Å². The van der Waals surface area contributed by atoms with E-state index in [1.54, 1.807) is 38.1 Å². The Morgan fingerprint density at radius 1 is 1.03 bits per heavy atom. The number of amides is 3. The second-order valence-electron chi connectivity index (χ2n) is 8.08. The Morgan fingerprint density at radius 3 is 2.18 bits per heavy atom. The second-order valence-corrected chi connectivity index (χ2v) is 8.99. The lowest BCUT2D eigenvalue weighted by atomic mass is 10.0. The average Bonchev–Trinajstić information content (AvgIpc) is 2.78. The van der Waals surface area contributed by atoms with Crippen LogP contribution in [-0.2, 0) is 14.4 Å². The van der Waals surface area contributed by atoms with E-state index in [9.17, 15) is 23.6 Å². The Hall–Kier alpha value is -3.02. The van der Waals surface area contributed by atoms with Gasteiger partial charge < -0.3 is 27.0 Å². The molecule has 0 saturated heterocycles. The van der Waals surface area contributed by atoms with E-state index in [1.165, 1.54) is 6.92 Å². The van der Waals surface area contributed by atoms with Crippen LogP contribution in [0.4, 0.5) is 4.39 Å². The zero-order valence-corrected chi connectivity index (χ0v) is 21.0. The number of nitrogens with one attached hydrogen (secondary N) is 5. The van der Waals surface area contributed by atoms with Crippen LogP contribution in [-0.4, -0.2) is 60.8 Å². The van der Waals surface area contributed by atoms with E-state index in [-0.39, 0.29) is 24.8 Å². The van der Waals surface area contributed by atoms with Crippen LogP contribution in [0, 0.1) is 11.3 Å². The first-order valence-corrected chi connectivity index (χ1v) is 11.6. The molecule has 1 unspecified atom stereocenters. The van der Waals surface area contributed by atoms with Gasteiger partial charge in [0.25, 0.3) is 5.91 Å². The van der Waals surface area contributed by atoms with Crippen LogP contribution >= 0.6 is 15.9 Å². The summed E-state index contributed by atoms with van der Waals surface area (Å²) in [7, 11) is 0. The molecular formula is C22H32BrFN6O4. The Bertz CT molecular complexity index is 881. The average molecular weight is 543 g/mol. The van der Waals surface area contributed by atoms with Gasteiger partial charge in [-0.1, -0.05) is 29.8 Å². The van der Waals surface area contributed by atoms with Gasteiger partial charge in [-0.15, -0.1) is 0 Å². The van der Waals surface area contributed by atoms with Gasteiger partial charge >= 0.3 is 0 Å². The summed E-state index contributed by atoms with van der Waals surface area (Å²) in [6, 6.07) is 3.60. The molecule has 0 radical (unpaired) electrons. The molecule has 1 aromatic carbocycles. The molecule has 10 nitrogen and oxygen atoms in total. The van der Waals surface area contributed by atoms with E-state index in [0.717, 1.165) is 4.47 Å². The van der Waals surface area contributed by atoms with Crippen LogP contribution in [0.2, 0.25) is 0 Å². The number of carbonyl (C=O) groups excluding carboxylic acids is 4. The van der Waals surface area contributed by atoms with Crippen molar-refractivity contribution in [2.75, 3.05) is 13.2 Å². The third kappa shape index (κ3) is 9.86. The maximum Gasteiger partial charge on any atom is 0.251 e. The molecule has 0 spiro atoms. The Balaban J connectivity index is 2.73. The molecule has 34 heavy (non-hydrogen) atoms. The number of alkyl halides is 1. The van der Waals surface area contributed by atoms with Gasteiger partial charge in [0, 0.05) is 16.6 Å². The Labute approximate surface area is 206 Å². The first kappa shape index (κ1) is 29.0. The monoisotopic (exact) mass is 542 g/mol. The zero-order valence-electron chi connectivity index (χ0n) is 19.4. The fourth-order valence-corrected chi connectivity index (χ4v) is 3.23. The summed E-state index contributed by atoms with van der Waals surface area (Å²) < 4.78 is 13.7. The number of halogens is 2. The van der Waals surface area contributed by atoms with Crippen LogP contribution < -0.4 is 27.0 Å². The molecule has 0 heterocycles. The van der Waals surface area contributed by atoms with Crippen LogP contribution in [0.3, 0.4) is 0 Å². The van der Waals surface area contributed by atoms with E-state index < -0.39 is 48.3 Å². The van der Waals surface area contributed by atoms with Gasteiger partial charge in [0.15, 0.2) is 11.7 Å². The summed E-state index contributed by atoms with van der Waals surface area (Å²) in [5.74, 6) is -2.98. The third-order valence-corrected chi connectivity index (χ3v) is 5.44. The van der Waals surface area contributed by atoms with Crippen molar-refractivity contribution in [3.8, 4) is 0 Å². The van der Waals surface area contributed by atoms with Gasteiger partial charge in [0.1, 0.15) is 18.8 Å². The summed E-state index contributed by atoms with van der Waals surface area (Å²) in [5, 5.41) is 17.3. The van der Waals surface area contributed by atoms with Crippen LogP contribution in [0.5, 0.6) is 0 Å². The van der Waals surface area contributed by atoms with E-state index in [0.29, 0.717) is 12.0 Å². The zero-order chi connectivity index (χ0) is 25.8. The van der Waals surface area contributed by atoms with Crippen LogP contribution in [0.25, 0.3) is 0 Å². The smallest absolute Gasteiger partial charge is 0.251 e. The number of hydrogen-bond acceptors (Lipinski definition) is 5. The van der Waals surface area contributed by atoms with Crippen molar-refractivity contribution in [3.05, 3.63) is 34.3 Å². The summed E-state index contributed by atoms with van der Waals surface area (Å²) in [6.07, 6.45) is 0.488. The molecule has 0 saturated carbocycles. The minimum absolute atomic E-state index is 0.132. The van der Waals surface area contributed by atoms with Crippen molar-refractivity contribution in [3.63, 3.8) is 0 Å². The number of rotatable bonds is 13. The molecule has 12 heteroatoms. The number of Topliss-reactive ketones (excluding diaryl/α,β-unsaturated/α-hetero) is 1. The predicted octanol–water partition coefficient (Wildman–Crippen LogP) is 0.995. The summed E-state index contributed by atoms with van der Waals surface area (Å²) in [5.41, 5.74) is 5.56. The van der Waals surface area contributed by atoms with E-state index in [1.807, 2.05) is 0 Å². The minimum atomic E-state index is -1.25. The quantitative estimate of drug-likeness (QED) is 0.123. The molecule has 3 amide bonds. The number of hydrogen-bond donors (Lipinski definition) is 6. The van der Waals surface area contributed by atoms with Crippen LogP contribution in [0.15, 0.2) is 28.7 Å². The molecule has 0 aliphatic rings. The summed E-state index contributed by atoms with van der Waals surface area (Å²) in [6.45, 7) is 3.96. The third-order valence-electron chi connectivity index (χ3n) is 4.92. The number of guanidine groups is 1. The van der Waals surface area contributed by atoms with Crippen molar-refractivity contribution in [1.29, 1.82) is 5.41 Å². The van der Waals surface area contributed by atoms with Gasteiger partial charge in [-0.25, -0.2) is 4.39 Å². The first-order chi connectivity index (χ1) is 16.0. The van der Waals surface area contributed by atoms with E-state index >= 15 is 0 Å². The number of benzene rings is 1. The molecule has 0 bridgehead atoms. The van der Waals surface area contributed by atoms with Gasteiger partial charge in [-0.05, 0) is 49.9 Å². The molecule has 3 atom stereocenters. The van der Waals surface area contributed by atoms with Crippen molar-refractivity contribution in [1.82, 2.24) is 21.3 Å². The lowest BCUT2D eigenvalue weighted by Gasteiger charge is -2.25. The van der Waals surface area contributed by atoms with Crippen molar-refractivity contribution < 1.29 is 23.6 Å². The van der Waals surface area contributed by atoms with Gasteiger partial charge in [0.2, 0.25) is 11.8 Å². The standard InChI is InChI=1S/C22H32BrFN6O4/c1-12(2)18(30-20(33)14-6-8-15(23)9-7-14)21(34)28-13(3)19(32)29-16(17(31)11-24)5-4-10-27-22(25)26/h6-9,12-13,16,18H,4-5,10-11H2,1-3H3,(H,28,34)(H,29,32)(H,30,33)(H4,25,26,27)/t13-,16-,18?/m0/s1. The normalized spacial score (nSPS) is 13.4. The summed E-state index contributed by atoms with van der Waals surface area (Å²) in [4.78, 5) is 49.8. The maximum absolute atomic E-state index is 12.9. The topological polar surface area (TPSA) is 166 Å². The largest absolute Gasteiger partial charge is 0.370 e. The van der Waals surface area contributed by atoms with E-state index in [4.69, 9.17) is 11.1 Å². The molecule has 0 aliphatic heterocycles.